The predicted octanol–water partition coefficient (Wildman–Crippen LogP) is 15.4. The van der Waals surface area contributed by atoms with E-state index in [9.17, 15) is 19.5 Å². The van der Waals surface area contributed by atoms with E-state index < -0.39 is 34.2 Å². The van der Waals surface area contributed by atoms with Gasteiger partial charge in [0.25, 0.3) is 0 Å². The van der Waals surface area contributed by atoms with Gasteiger partial charge in [-0.1, -0.05) is 184 Å². The number of esters is 3. The van der Waals surface area contributed by atoms with Crippen LogP contribution in [0.15, 0.2) is 0 Å². The van der Waals surface area contributed by atoms with Crippen LogP contribution in [0.1, 0.15) is 280 Å². The van der Waals surface area contributed by atoms with Crippen molar-refractivity contribution in [3.05, 3.63) is 0 Å². The number of carbonyl (C=O) groups excluding carboxylic acids is 3. The van der Waals surface area contributed by atoms with Crippen LogP contribution in [0.5, 0.6) is 0 Å². The second-order valence-electron chi connectivity index (χ2n) is 24.3. The van der Waals surface area contributed by atoms with Crippen LogP contribution in [-0.4, -0.2) is 113 Å². The average Bonchev–Trinajstić information content (AvgIpc) is 3.39. The largest absolute Gasteiger partial charge is 0.465 e. The van der Waals surface area contributed by atoms with Gasteiger partial charge < -0.3 is 43.2 Å². The van der Waals surface area contributed by atoms with Crippen molar-refractivity contribution in [1.29, 1.82) is 0 Å². The summed E-state index contributed by atoms with van der Waals surface area (Å²) in [7, 11) is 0. The minimum Gasteiger partial charge on any atom is -0.465 e. The lowest BCUT2D eigenvalue weighted by molar-refractivity contribution is -0.193. The molecule has 12 nitrogen and oxygen atoms in total. The quantitative estimate of drug-likeness (QED) is 0.0268. The molecule has 0 amide bonds. The van der Waals surface area contributed by atoms with E-state index >= 15 is 0 Å². The molecule has 0 spiro atoms. The smallest absolute Gasteiger partial charge is 0.305 e. The van der Waals surface area contributed by atoms with E-state index in [1.165, 1.54) is 103 Å². The number of aliphatic hydroxyl groups is 1. The van der Waals surface area contributed by atoms with Crippen LogP contribution in [0.2, 0.25) is 0 Å². The number of nitrogens with zero attached hydrogens (tertiary/aromatic N) is 1. The van der Waals surface area contributed by atoms with E-state index in [0.717, 1.165) is 77.4 Å². The molecule has 12 heteroatoms. The molecule has 2 fully saturated rings. The summed E-state index contributed by atoms with van der Waals surface area (Å²) in [6, 6.07) is 0. The Morgan fingerprint density at radius 2 is 0.733 bits per heavy atom. The molecule has 75 heavy (non-hydrogen) atoms. The number of fused-ring (bicyclic) bond motifs is 2. The Morgan fingerprint density at radius 1 is 0.413 bits per heavy atom. The molecule has 0 aromatic rings. The van der Waals surface area contributed by atoms with Gasteiger partial charge in [-0.15, -0.1) is 0 Å². The third-order valence-corrected chi connectivity index (χ3v) is 16.1. The van der Waals surface area contributed by atoms with Crippen LogP contribution in [0.3, 0.4) is 0 Å². The number of rotatable bonds is 51. The van der Waals surface area contributed by atoms with E-state index in [4.69, 9.17) is 33.2 Å². The minimum atomic E-state index is -0.548. The van der Waals surface area contributed by atoms with Crippen molar-refractivity contribution in [3.63, 3.8) is 0 Å². The lowest BCUT2D eigenvalue weighted by atomic mass is 9.44. The van der Waals surface area contributed by atoms with Gasteiger partial charge in [-0.3, -0.25) is 14.4 Å². The number of carbonyl (C=O) groups is 3. The van der Waals surface area contributed by atoms with Gasteiger partial charge in [0, 0.05) is 68.5 Å². The molecule has 2 saturated carbocycles. The third-order valence-electron chi connectivity index (χ3n) is 16.1. The van der Waals surface area contributed by atoms with Gasteiger partial charge in [0.15, 0.2) is 12.6 Å². The Balaban J connectivity index is 2.20. The van der Waals surface area contributed by atoms with Gasteiger partial charge in [0.1, 0.15) is 0 Å². The zero-order valence-electron chi connectivity index (χ0n) is 50.2. The van der Waals surface area contributed by atoms with Crippen LogP contribution < -0.4 is 0 Å². The molecule has 4 atom stereocenters. The van der Waals surface area contributed by atoms with Crippen LogP contribution in [0.4, 0.5) is 0 Å². The molecular formula is C63H119NO11. The van der Waals surface area contributed by atoms with E-state index in [0.29, 0.717) is 77.8 Å². The number of ether oxygens (including phenoxy) is 7. The van der Waals surface area contributed by atoms with Crippen LogP contribution in [0, 0.1) is 21.7 Å². The third kappa shape index (κ3) is 32.1. The molecule has 4 unspecified atom stereocenters. The highest BCUT2D eigenvalue weighted by atomic mass is 16.7. The Bertz CT molecular complexity index is 1390. The van der Waals surface area contributed by atoms with Crippen molar-refractivity contribution < 1.29 is 52.6 Å². The van der Waals surface area contributed by atoms with Crippen molar-refractivity contribution in [2.75, 3.05) is 72.5 Å². The molecule has 442 valence electrons. The highest BCUT2D eigenvalue weighted by Gasteiger charge is 2.61. The summed E-state index contributed by atoms with van der Waals surface area (Å²) in [4.78, 5) is 43.0. The Morgan fingerprint density at radius 3 is 1.08 bits per heavy atom. The van der Waals surface area contributed by atoms with Crippen LogP contribution in [-0.2, 0) is 47.5 Å². The summed E-state index contributed by atoms with van der Waals surface area (Å²) < 4.78 is 43.6. The van der Waals surface area contributed by atoms with E-state index in [1.54, 1.807) is 0 Å². The van der Waals surface area contributed by atoms with E-state index in [1.807, 2.05) is 0 Å². The number of aliphatic hydroxyl groups excluding tert-OH is 1. The highest BCUT2D eigenvalue weighted by Crippen LogP contribution is 2.65. The fourth-order valence-corrected chi connectivity index (χ4v) is 12.7. The van der Waals surface area contributed by atoms with E-state index in [-0.39, 0.29) is 57.2 Å². The molecule has 2 aliphatic rings. The van der Waals surface area contributed by atoms with Crippen molar-refractivity contribution >= 4 is 17.9 Å². The first-order valence-corrected chi connectivity index (χ1v) is 31.5. The Kier molecular flexibility index (Phi) is 38.9. The van der Waals surface area contributed by atoms with E-state index in [2.05, 4.69) is 60.3 Å². The summed E-state index contributed by atoms with van der Waals surface area (Å²) in [5, 5.41) is 11.4. The minimum absolute atomic E-state index is 0.0687. The molecular weight excluding hydrogens is 947 g/mol. The maximum absolute atomic E-state index is 13.8. The van der Waals surface area contributed by atoms with Gasteiger partial charge in [-0.2, -0.15) is 0 Å². The zero-order valence-corrected chi connectivity index (χ0v) is 50.2. The first-order valence-electron chi connectivity index (χ1n) is 31.5. The normalized spacial score (nSPS) is 21.6. The molecule has 0 aromatic heterocycles. The fraction of sp³-hybridized carbons (Fsp3) is 0.952. The maximum atomic E-state index is 13.8. The number of hydrogen-bond donors (Lipinski definition) is 1. The van der Waals surface area contributed by atoms with Gasteiger partial charge >= 0.3 is 17.9 Å². The zero-order chi connectivity index (χ0) is 54.9. The lowest BCUT2D eigenvalue weighted by Gasteiger charge is -2.62. The molecule has 2 bridgehead atoms. The number of hydrogen-bond acceptors (Lipinski definition) is 12. The predicted molar refractivity (Wildman–Crippen MR) is 305 cm³/mol. The molecule has 0 radical (unpaired) electrons. The summed E-state index contributed by atoms with van der Waals surface area (Å²) in [6.45, 7) is 23.2. The lowest BCUT2D eigenvalue weighted by Crippen LogP contribution is -2.58. The topological polar surface area (TPSA) is 139 Å². The maximum Gasteiger partial charge on any atom is 0.305 e. The SMILES string of the molecule is CCCCCCCCOC(CCC(=O)OCC1(C)CC2(CO)CC(C)(COC(=O)CCCN(CC)CC)CC(COC(=O)CCC(OCCCCCCCC)OCCCCCCCC)(C1)C2)OCCCCCCCC. The molecule has 2 rings (SSSR count). The van der Waals surface area contributed by atoms with Crippen molar-refractivity contribution in [2.24, 2.45) is 21.7 Å². The average molecular weight is 1070 g/mol. The number of unbranched alkanes of at least 4 members (excludes halogenated alkanes) is 20. The second-order valence-corrected chi connectivity index (χ2v) is 24.3. The van der Waals surface area contributed by atoms with Crippen molar-refractivity contribution in [2.45, 2.75) is 293 Å². The first kappa shape index (κ1) is 69.3. The molecule has 0 saturated heterocycles. The highest BCUT2D eigenvalue weighted by molar-refractivity contribution is 5.70. The molecule has 0 heterocycles. The summed E-state index contributed by atoms with van der Waals surface area (Å²) >= 11 is 0. The van der Waals surface area contributed by atoms with Crippen LogP contribution >= 0.6 is 0 Å². The fourth-order valence-electron chi connectivity index (χ4n) is 12.7. The molecule has 0 aliphatic heterocycles. The second kappa shape index (κ2) is 42.1. The van der Waals surface area contributed by atoms with Crippen LogP contribution in [0.25, 0.3) is 0 Å². The Hall–Kier alpha value is -1.83. The standard InChI is InChI=1S/C63H119NO11/c1-9-15-19-23-27-31-42-69-58(70-43-32-28-24-20-16-10-2)39-37-56(67)74-53-61(8)47-62(51-65)46-60(7,52-73-55(66)36-35-41-64(13-5)14-6)48-63(49-61,50-62)54-75-57(68)38-40-59(71-44-33-29-25-21-17-11-3)72-45-34-30-26-22-18-12-4/h58-59,65H,9-54H2,1-8H3. The Labute approximate surface area is 460 Å². The first-order chi connectivity index (χ1) is 36.3. The van der Waals surface area contributed by atoms with Gasteiger partial charge in [-0.25, -0.2) is 0 Å². The molecule has 0 aromatic carbocycles. The van der Waals surface area contributed by atoms with Gasteiger partial charge in [0.2, 0.25) is 0 Å². The monoisotopic (exact) mass is 1070 g/mol. The van der Waals surface area contributed by atoms with Gasteiger partial charge in [-0.05, 0) is 89.3 Å². The summed E-state index contributed by atoms with van der Waals surface area (Å²) in [6.07, 6.45) is 32.8. The molecule has 1 N–H and O–H groups in total. The summed E-state index contributed by atoms with van der Waals surface area (Å²) in [5.74, 6) is -0.788. The van der Waals surface area contributed by atoms with Gasteiger partial charge in [0.05, 0.1) is 32.7 Å². The summed E-state index contributed by atoms with van der Waals surface area (Å²) in [5.41, 5.74) is -2.04. The molecule has 2 aliphatic carbocycles. The van der Waals surface area contributed by atoms with Crippen molar-refractivity contribution in [1.82, 2.24) is 4.90 Å². The van der Waals surface area contributed by atoms with Crippen molar-refractivity contribution in [3.8, 4) is 0 Å².